The monoisotopic (exact) mass is 298 g/mol. The van der Waals surface area contributed by atoms with Crippen LogP contribution in [0, 0.1) is 5.92 Å². The van der Waals surface area contributed by atoms with Crippen LogP contribution in [0.4, 0.5) is 0 Å². The van der Waals surface area contributed by atoms with Gasteiger partial charge < -0.3 is 5.11 Å². The second-order valence-electron chi connectivity index (χ2n) is 4.21. The molecule has 1 rings (SSSR count). The van der Waals surface area contributed by atoms with Crippen molar-refractivity contribution >= 4 is 27.0 Å². The highest BCUT2D eigenvalue weighted by atomic mass is 32.2. The van der Waals surface area contributed by atoms with Crippen LogP contribution >= 0.6 is 0 Å². The van der Waals surface area contributed by atoms with Gasteiger partial charge in [-0.05, 0) is 12.8 Å². The Balaban J connectivity index is 2.56. The first-order chi connectivity index (χ1) is 8.33. The maximum Gasteiger partial charge on any atom is 0.307 e. The van der Waals surface area contributed by atoms with E-state index in [1.54, 1.807) is 0 Å². The lowest BCUT2D eigenvalue weighted by atomic mass is 10.0. The average Bonchev–Trinajstić information content (AvgIpc) is 2.28. The molecule has 0 aromatic rings. The second kappa shape index (κ2) is 6.60. The van der Waals surface area contributed by atoms with Gasteiger partial charge in [0.1, 0.15) is 0 Å². The summed E-state index contributed by atoms with van der Waals surface area (Å²) in [6, 6.07) is 0. The molecule has 1 aliphatic heterocycles. The minimum atomic E-state index is -3.66. The standard InChI is InChI=1S/C9H18N2O5S2/c1-17(14)6-4-10-18(15,16)11-5-2-3-8(7-11)9(12)13/h8,10H,2-7H2,1H3,(H,12,13). The molecule has 2 atom stereocenters. The van der Waals surface area contributed by atoms with E-state index >= 15 is 0 Å². The fourth-order valence-electron chi connectivity index (χ4n) is 1.77. The normalized spacial score (nSPS) is 23.7. The van der Waals surface area contributed by atoms with Crippen LogP contribution in [-0.4, -0.2) is 59.7 Å². The molecule has 1 heterocycles. The number of nitrogens with one attached hydrogen (secondary N) is 1. The largest absolute Gasteiger partial charge is 0.481 e. The number of carboxylic acids is 1. The van der Waals surface area contributed by atoms with E-state index in [-0.39, 0.29) is 18.8 Å². The lowest BCUT2D eigenvalue weighted by Crippen LogP contribution is -2.48. The summed E-state index contributed by atoms with van der Waals surface area (Å²) in [5.74, 6) is -1.37. The van der Waals surface area contributed by atoms with Gasteiger partial charge in [-0.2, -0.15) is 12.7 Å². The summed E-state index contributed by atoms with van der Waals surface area (Å²) in [4.78, 5) is 10.8. The van der Waals surface area contributed by atoms with Crippen LogP contribution in [0.3, 0.4) is 0 Å². The number of piperidine rings is 1. The highest BCUT2D eigenvalue weighted by Gasteiger charge is 2.31. The maximum absolute atomic E-state index is 11.9. The van der Waals surface area contributed by atoms with Gasteiger partial charge in [0.25, 0.3) is 10.2 Å². The first kappa shape index (κ1) is 15.5. The zero-order chi connectivity index (χ0) is 13.8. The molecule has 2 unspecified atom stereocenters. The van der Waals surface area contributed by atoms with Gasteiger partial charge in [0.15, 0.2) is 0 Å². The molecular formula is C9H18N2O5S2. The summed E-state index contributed by atoms with van der Waals surface area (Å²) in [6.45, 7) is 0.424. The Hall–Kier alpha value is -0.510. The summed E-state index contributed by atoms with van der Waals surface area (Å²) >= 11 is 0. The van der Waals surface area contributed by atoms with Crippen molar-refractivity contribution in [3.63, 3.8) is 0 Å². The smallest absolute Gasteiger partial charge is 0.307 e. The number of rotatable bonds is 6. The van der Waals surface area contributed by atoms with Crippen molar-refractivity contribution in [2.45, 2.75) is 12.8 Å². The Morgan fingerprint density at radius 3 is 2.78 bits per heavy atom. The molecule has 2 N–H and O–H groups in total. The van der Waals surface area contributed by atoms with Crippen LogP contribution < -0.4 is 4.72 Å². The van der Waals surface area contributed by atoms with Gasteiger partial charge in [0, 0.05) is 42.4 Å². The molecule has 0 amide bonds. The van der Waals surface area contributed by atoms with Gasteiger partial charge in [-0.25, -0.2) is 4.72 Å². The van der Waals surface area contributed by atoms with Crippen LogP contribution in [0.15, 0.2) is 0 Å². The van der Waals surface area contributed by atoms with E-state index in [4.69, 9.17) is 5.11 Å². The molecule has 1 saturated heterocycles. The minimum Gasteiger partial charge on any atom is -0.481 e. The zero-order valence-corrected chi connectivity index (χ0v) is 11.8. The van der Waals surface area contributed by atoms with E-state index in [2.05, 4.69) is 4.72 Å². The molecule has 0 aromatic heterocycles. The maximum atomic E-state index is 11.9. The number of carbonyl (C=O) groups is 1. The first-order valence-corrected chi connectivity index (χ1v) is 8.77. The summed E-state index contributed by atoms with van der Waals surface area (Å²) in [7, 11) is -4.72. The SMILES string of the molecule is CS(=O)CCNS(=O)(=O)N1CCCC(C(=O)O)C1. The fourth-order valence-corrected chi connectivity index (χ4v) is 3.57. The highest BCUT2D eigenvalue weighted by Crippen LogP contribution is 2.18. The van der Waals surface area contributed by atoms with Crippen LogP contribution in [0.1, 0.15) is 12.8 Å². The summed E-state index contributed by atoms with van der Waals surface area (Å²) in [5.41, 5.74) is 0. The van der Waals surface area contributed by atoms with Gasteiger partial charge in [-0.15, -0.1) is 0 Å². The Labute approximate surface area is 109 Å². The van der Waals surface area contributed by atoms with E-state index in [0.717, 1.165) is 4.31 Å². The van der Waals surface area contributed by atoms with Crippen LogP contribution in [0.2, 0.25) is 0 Å². The van der Waals surface area contributed by atoms with Crippen molar-refractivity contribution < 1.29 is 22.5 Å². The third-order valence-electron chi connectivity index (χ3n) is 2.75. The number of carboxylic acid groups (broad SMARTS) is 1. The molecule has 18 heavy (non-hydrogen) atoms. The summed E-state index contributed by atoms with van der Waals surface area (Å²) < 4.78 is 38.0. The predicted octanol–water partition coefficient (Wildman–Crippen LogP) is -1.00. The topological polar surface area (TPSA) is 104 Å². The lowest BCUT2D eigenvalue weighted by molar-refractivity contribution is -0.142. The number of hydrogen-bond acceptors (Lipinski definition) is 4. The van der Waals surface area contributed by atoms with Gasteiger partial charge in [-0.1, -0.05) is 0 Å². The van der Waals surface area contributed by atoms with E-state index < -0.39 is 32.9 Å². The second-order valence-corrected chi connectivity index (χ2v) is 7.52. The Kier molecular flexibility index (Phi) is 5.70. The van der Waals surface area contributed by atoms with Gasteiger partial charge >= 0.3 is 5.97 Å². The van der Waals surface area contributed by atoms with Crippen molar-refractivity contribution in [2.24, 2.45) is 5.92 Å². The van der Waals surface area contributed by atoms with Crippen LogP contribution in [0.25, 0.3) is 0 Å². The molecule has 1 aliphatic rings. The van der Waals surface area contributed by atoms with Crippen LogP contribution in [0.5, 0.6) is 0 Å². The van der Waals surface area contributed by atoms with Crippen molar-refractivity contribution in [2.75, 3.05) is 31.6 Å². The van der Waals surface area contributed by atoms with E-state index in [9.17, 15) is 17.4 Å². The number of nitrogens with zero attached hydrogens (tertiary/aromatic N) is 1. The molecule has 0 spiro atoms. The predicted molar refractivity (Wildman–Crippen MR) is 67.8 cm³/mol. The summed E-state index contributed by atoms with van der Waals surface area (Å²) in [6.07, 6.45) is 2.54. The molecular weight excluding hydrogens is 280 g/mol. The summed E-state index contributed by atoms with van der Waals surface area (Å²) in [5, 5.41) is 8.89. The third kappa shape index (κ3) is 4.63. The fraction of sp³-hybridized carbons (Fsp3) is 0.889. The number of hydrogen-bond donors (Lipinski definition) is 2. The van der Waals surface area contributed by atoms with Crippen molar-refractivity contribution in [3.8, 4) is 0 Å². The molecule has 0 aromatic carbocycles. The number of aliphatic carboxylic acids is 1. The van der Waals surface area contributed by atoms with Gasteiger partial charge in [0.2, 0.25) is 0 Å². The molecule has 0 radical (unpaired) electrons. The third-order valence-corrected chi connectivity index (χ3v) is 5.11. The lowest BCUT2D eigenvalue weighted by Gasteiger charge is -2.29. The van der Waals surface area contributed by atoms with Crippen LogP contribution in [-0.2, 0) is 25.8 Å². The molecule has 0 bridgehead atoms. The van der Waals surface area contributed by atoms with Crippen molar-refractivity contribution in [1.29, 1.82) is 0 Å². The van der Waals surface area contributed by atoms with Gasteiger partial charge in [0.05, 0.1) is 5.92 Å². The average molecular weight is 298 g/mol. The van der Waals surface area contributed by atoms with E-state index in [0.29, 0.717) is 19.4 Å². The van der Waals surface area contributed by atoms with Gasteiger partial charge in [-0.3, -0.25) is 9.00 Å². The Bertz CT molecular complexity index is 423. The first-order valence-electron chi connectivity index (χ1n) is 5.60. The highest BCUT2D eigenvalue weighted by molar-refractivity contribution is 7.87. The molecule has 0 saturated carbocycles. The Morgan fingerprint density at radius 1 is 1.56 bits per heavy atom. The van der Waals surface area contributed by atoms with Crippen molar-refractivity contribution in [3.05, 3.63) is 0 Å². The zero-order valence-electron chi connectivity index (χ0n) is 10.2. The molecule has 1 fully saturated rings. The minimum absolute atomic E-state index is 0.000118. The molecule has 106 valence electrons. The molecule has 0 aliphatic carbocycles. The quantitative estimate of drug-likeness (QED) is 0.654. The molecule has 9 heteroatoms. The van der Waals surface area contributed by atoms with E-state index in [1.807, 2.05) is 0 Å². The van der Waals surface area contributed by atoms with Crippen molar-refractivity contribution in [1.82, 2.24) is 9.03 Å². The van der Waals surface area contributed by atoms with E-state index in [1.165, 1.54) is 6.26 Å². The molecule has 7 nitrogen and oxygen atoms in total. The Morgan fingerprint density at radius 2 is 2.22 bits per heavy atom.